The molecule has 1 heteroatoms. The topological polar surface area (TPSA) is 17.1 Å². The van der Waals surface area contributed by atoms with Gasteiger partial charge in [0, 0.05) is 12.3 Å². The third-order valence-electron chi connectivity index (χ3n) is 9.02. The summed E-state index contributed by atoms with van der Waals surface area (Å²) in [6.45, 7) is 7.38. The third kappa shape index (κ3) is 1.86. The van der Waals surface area contributed by atoms with E-state index in [0.29, 0.717) is 28.4 Å². The van der Waals surface area contributed by atoms with E-state index in [1.165, 1.54) is 57.8 Å². The SMILES string of the molecule is CC[C@H]1CC(=O)[C@H]2[C@@H]3CCC4CCCC[C@]4(C)[C@H]3CC[C@]12C. The first kappa shape index (κ1) is 15.2. The van der Waals surface area contributed by atoms with Crippen LogP contribution < -0.4 is 0 Å². The smallest absolute Gasteiger partial charge is 0.137 e. The maximum absolute atomic E-state index is 12.9. The van der Waals surface area contributed by atoms with E-state index in [2.05, 4.69) is 20.8 Å². The van der Waals surface area contributed by atoms with Gasteiger partial charge < -0.3 is 0 Å². The van der Waals surface area contributed by atoms with Crippen LogP contribution in [0.15, 0.2) is 0 Å². The molecule has 0 bridgehead atoms. The lowest BCUT2D eigenvalue weighted by Crippen LogP contribution is -2.53. The van der Waals surface area contributed by atoms with Crippen LogP contribution >= 0.6 is 0 Å². The van der Waals surface area contributed by atoms with Crippen molar-refractivity contribution in [2.45, 2.75) is 85.0 Å². The first-order chi connectivity index (χ1) is 10.5. The zero-order valence-electron chi connectivity index (χ0n) is 14.9. The van der Waals surface area contributed by atoms with E-state index in [-0.39, 0.29) is 0 Å². The highest BCUT2D eigenvalue weighted by Gasteiger charge is 2.61. The Morgan fingerprint density at radius 1 is 1.00 bits per heavy atom. The normalized spacial score (nSPS) is 54.5. The molecule has 4 aliphatic rings. The molecule has 0 spiro atoms. The Bertz CT molecular complexity index is 469. The van der Waals surface area contributed by atoms with Gasteiger partial charge in [-0.05, 0) is 73.0 Å². The van der Waals surface area contributed by atoms with Crippen LogP contribution in [-0.4, -0.2) is 5.78 Å². The maximum atomic E-state index is 12.9. The van der Waals surface area contributed by atoms with Crippen LogP contribution in [0.2, 0.25) is 0 Å². The van der Waals surface area contributed by atoms with E-state index in [1.54, 1.807) is 0 Å². The molecule has 0 aromatic heterocycles. The summed E-state index contributed by atoms with van der Waals surface area (Å²) in [6, 6.07) is 0. The molecule has 0 N–H and O–H groups in total. The zero-order valence-corrected chi connectivity index (χ0v) is 14.9. The Hall–Kier alpha value is -0.330. The van der Waals surface area contributed by atoms with E-state index in [0.717, 1.165) is 24.2 Å². The Labute approximate surface area is 136 Å². The average Bonchev–Trinajstić information content (AvgIpc) is 2.77. The molecule has 7 atom stereocenters. The van der Waals surface area contributed by atoms with E-state index >= 15 is 0 Å². The molecule has 4 aliphatic carbocycles. The lowest BCUT2D eigenvalue weighted by molar-refractivity contribution is -0.140. The fourth-order valence-electron chi connectivity index (χ4n) is 7.81. The standard InChI is InChI=1S/C21H34O/c1-4-14-13-18(22)19-16-9-8-15-7-5-6-11-20(15,2)17(16)10-12-21(14,19)3/h14-17,19H,4-13H2,1-3H3/t14-,15?,16+,17-,19+,20-,21+/m0/s1. The van der Waals surface area contributed by atoms with Gasteiger partial charge in [-0.1, -0.05) is 40.0 Å². The van der Waals surface area contributed by atoms with Crippen LogP contribution in [-0.2, 0) is 4.79 Å². The van der Waals surface area contributed by atoms with Crippen LogP contribution in [0, 0.1) is 40.4 Å². The summed E-state index contributed by atoms with van der Waals surface area (Å²) in [5.41, 5.74) is 0.901. The molecule has 0 radical (unpaired) electrons. The second kappa shape index (κ2) is 5.08. The van der Waals surface area contributed by atoms with E-state index in [4.69, 9.17) is 0 Å². The minimum Gasteiger partial charge on any atom is -0.299 e. The van der Waals surface area contributed by atoms with Crippen molar-refractivity contribution >= 4 is 5.78 Å². The quantitative estimate of drug-likeness (QED) is 0.614. The molecule has 0 aliphatic heterocycles. The minimum absolute atomic E-state index is 0.338. The van der Waals surface area contributed by atoms with Gasteiger partial charge in [0.2, 0.25) is 0 Å². The van der Waals surface area contributed by atoms with Crippen molar-refractivity contribution in [3.63, 3.8) is 0 Å². The van der Waals surface area contributed by atoms with E-state index in [9.17, 15) is 4.79 Å². The van der Waals surface area contributed by atoms with Crippen molar-refractivity contribution in [2.24, 2.45) is 40.4 Å². The molecule has 1 nitrogen and oxygen atoms in total. The zero-order chi connectivity index (χ0) is 15.5. The summed E-state index contributed by atoms with van der Waals surface area (Å²) in [6.07, 6.45) is 13.4. The highest BCUT2D eigenvalue weighted by Crippen LogP contribution is 2.66. The van der Waals surface area contributed by atoms with Crippen molar-refractivity contribution in [2.75, 3.05) is 0 Å². The van der Waals surface area contributed by atoms with Gasteiger partial charge >= 0.3 is 0 Å². The monoisotopic (exact) mass is 302 g/mol. The largest absolute Gasteiger partial charge is 0.299 e. The Morgan fingerprint density at radius 3 is 2.59 bits per heavy atom. The Kier molecular flexibility index (Phi) is 3.51. The van der Waals surface area contributed by atoms with Gasteiger partial charge in [0.15, 0.2) is 0 Å². The fourth-order valence-corrected chi connectivity index (χ4v) is 7.81. The molecule has 0 amide bonds. The lowest BCUT2D eigenvalue weighted by atomic mass is 9.45. The fraction of sp³-hybridized carbons (Fsp3) is 0.952. The predicted octanol–water partition coefficient (Wildman–Crippen LogP) is 5.62. The maximum Gasteiger partial charge on any atom is 0.137 e. The van der Waals surface area contributed by atoms with Crippen LogP contribution in [0.25, 0.3) is 0 Å². The van der Waals surface area contributed by atoms with Crippen LogP contribution in [0.1, 0.15) is 85.0 Å². The van der Waals surface area contributed by atoms with Gasteiger partial charge in [-0.25, -0.2) is 0 Å². The molecular formula is C21H34O. The summed E-state index contributed by atoms with van der Waals surface area (Å²) >= 11 is 0. The molecule has 1 unspecified atom stereocenters. The molecule has 0 heterocycles. The van der Waals surface area contributed by atoms with Crippen molar-refractivity contribution < 1.29 is 4.79 Å². The molecule has 0 saturated heterocycles. The summed E-state index contributed by atoms with van der Waals surface area (Å²) in [7, 11) is 0. The van der Waals surface area contributed by atoms with E-state index in [1.807, 2.05) is 0 Å². The Morgan fingerprint density at radius 2 is 1.82 bits per heavy atom. The van der Waals surface area contributed by atoms with Crippen molar-refractivity contribution in [3.05, 3.63) is 0 Å². The number of Topliss-reactive ketones (excluding diaryl/α,β-unsaturated/α-hetero) is 1. The first-order valence-corrected chi connectivity index (χ1v) is 10.0. The van der Waals surface area contributed by atoms with Gasteiger partial charge in [0.25, 0.3) is 0 Å². The lowest BCUT2D eigenvalue weighted by Gasteiger charge is -2.60. The second-order valence-electron chi connectivity index (χ2n) is 9.59. The third-order valence-corrected chi connectivity index (χ3v) is 9.02. The Balaban J connectivity index is 1.67. The predicted molar refractivity (Wildman–Crippen MR) is 90.5 cm³/mol. The number of ketones is 1. The number of rotatable bonds is 1. The molecule has 4 fully saturated rings. The van der Waals surface area contributed by atoms with Gasteiger partial charge in [-0.15, -0.1) is 0 Å². The summed E-state index contributed by atoms with van der Waals surface area (Å²) < 4.78 is 0. The van der Waals surface area contributed by atoms with Crippen molar-refractivity contribution in [1.29, 1.82) is 0 Å². The van der Waals surface area contributed by atoms with Crippen LogP contribution in [0.5, 0.6) is 0 Å². The highest BCUT2D eigenvalue weighted by molar-refractivity contribution is 5.85. The van der Waals surface area contributed by atoms with Crippen LogP contribution in [0.4, 0.5) is 0 Å². The summed E-state index contributed by atoms with van der Waals surface area (Å²) in [5, 5.41) is 0. The number of carbonyl (C=O) groups is 1. The minimum atomic E-state index is 0.338. The molecular weight excluding hydrogens is 268 g/mol. The molecule has 0 aromatic rings. The van der Waals surface area contributed by atoms with Crippen molar-refractivity contribution in [1.82, 2.24) is 0 Å². The van der Waals surface area contributed by atoms with Gasteiger partial charge in [0.05, 0.1) is 0 Å². The molecule has 4 saturated carbocycles. The van der Waals surface area contributed by atoms with Gasteiger partial charge in [-0.2, -0.15) is 0 Å². The summed E-state index contributed by atoms with van der Waals surface area (Å²) in [5.74, 6) is 4.26. The molecule has 4 rings (SSSR count). The van der Waals surface area contributed by atoms with Crippen LogP contribution in [0.3, 0.4) is 0 Å². The number of hydrogen-bond donors (Lipinski definition) is 0. The molecule has 124 valence electrons. The summed E-state index contributed by atoms with van der Waals surface area (Å²) in [4.78, 5) is 12.9. The highest BCUT2D eigenvalue weighted by atomic mass is 16.1. The number of carbonyl (C=O) groups excluding carboxylic acids is 1. The number of hydrogen-bond acceptors (Lipinski definition) is 1. The van der Waals surface area contributed by atoms with E-state index < -0.39 is 0 Å². The molecule has 22 heavy (non-hydrogen) atoms. The molecule has 0 aromatic carbocycles. The van der Waals surface area contributed by atoms with Gasteiger partial charge in [-0.3, -0.25) is 4.79 Å². The van der Waals surface area contributed by atoms with Crippen molar-refractivity contribution in [3.8, 4) is 0 Å². The second-order valence-corrected chi connectivity index (χ2v) is 9.59. The first-order valence-electron chi connectivity index (χ1n) is 10.0. The van der Waals surface area contributed by atoms with Gasteiger partial charge in [0.1, 0.15) is 5.78 Å². The average molecular weight is 303 g/mol. The number of fused-ring (bicyclic) bond motifs is 5.